The molecule has 3 aromatic heterocycles. The topological polar surface area (TPSA) is 150 Å². The lowest BCUT2D eigenvalue weighted by molar-refractivity contribution is -0.141. The number of rotatable bonds is 8. The molecule has 216 valence electrons. The Labute approximate surface area is 231 Å². The maximum Gasteiger partial charge on any atom is 0.435 e. The second kappa shape index (κ2) is 11.0. The molecule has 0 unspecified atom stereocenters. The van der Waals surface area contributed by atoms with Gasteiger partial charge < -0.3 is 14.6 Å². The van der Waals surface area contributed by atoms with E-state index in [9.17, 15) is 31.2 Å². The number of halogens is 3. The number of carbonyl (C=O) groups is 1. The van der Waals surface area contributed by atoms with Crippen LogP contribution in [0.25, 0.3) is 16.9 Å². The van der Waals surface area contributed by atoms with Crippen molar-refractivity contribution in [3.05, 3.63) is 76.1 Å². The second-order valence-corrected chi connectivity index (χ2v) is 10.6. The first-order valence-corrected chi connectivity index (χ1v) is 13.8. The zero-order valence-corrected chi connectivity index (χ0v) is 23.0. The van der Waals surface area contributed by atoms with Crippen molar-refractivity contribution in [3.8, 4) is 22.7 Å². The summed E-state index contributed by atoms with van der Waals surface area (Å²) in [6.45, 7) is 3.55. The monoisotopic (exact) mass is 591 g/mol. The molecule has 12 nitrogen and oxygen atoms in total. The summed E-state index contributed by atoms with van der Waals surface area (Å²) in [5.74, 6) is -0.741. The third-order valence-electron chi connectivity index (χ3n) is 5.67. The molecule has 0 spiro atoms. The van der Waals surface area contributed by atoms with Gasteiger partial charge in [-0.1, -0.05) is 0 Å². The number of aryl methyl sites for hydroxylation is 2. The summed E-state index contributed by atoms with van der Waals surface area (Å²) in [6, 6.07) is 7.12. The molecule has 0 fully saturated rings. The molecule has 0 bridgehead atoms. The van der Waals surface area contributed by atoms with E-state index in [0.29, 0.717) is 11.4 Å². The van der Waals surface area contributed by atoms with E-state index < -0.39 is 38.9 Å². The maximum atomic E-state index is 13.4. The number of pyridine rings is 1. The summed E-state index contributed by atoms with van der Waals surface area (Å²) in [7, 11) is -2.50. The predicted molar refractivity (Wildman–Crippen MR) is 143 cm³/mol. The number of amides is 1. The first kappa shape index (κ1) is 29.3. The summed E-state index contributed by atoms with van der Waals surface area (Å²) < 4.78 is 72.4. The van der Waals surface area contributed by atoms with Crippen LogP contribution < -0.4 is 20.3 Å². The zero-order valence-electron chi connectivity index (χ0n) is 22.1. The van der Waals surface area contributed by atoms with Crippen LogP contribution in [0.5, 0.6) is 5.75 Å². The van der Waals surface area contributed by atoms with Crippen molar-refractivity contribution in [2.24, 2.45) is 0 Å². The number of benzene rings is 1. The van der Waals surface area contributed by atoms with Gasteiger partial charge in [0.05, 0.1) is 13.4 Å². The number of carbonyl (C=O) groups excluding carboxylic acids is 1. The minimum absolute atomic E-state index is 0.000632. The van der Waals surface area contributed by atoms with E-state index in [4.69, 9.17) is 4.74 Å². The predicted octanol–water partition coefficient (Wildman–Crippen LogP) is 3.28. The lowest BCUT2D eigenvalue weighted by Gasteiger charge is -2.15. The van der Waals surface area contributed by atoms with Gasteiger partial charge in [0.2, 0.25) is 16.0 Å². The minimum atomic E-state index is -4.73. The van der Waals surface area contributed by atoms with Gasteiger partial charge in [0.25, 0.3) is 11.5 Å². The summed E-state index contributed by atoms with van der Waals surface area (Å²) in [5, 5.41) is 6.60. The molecule has 16 heteroatoms. The Kier molecular flexibility index (Phi) is 7.87. The van der Waals surface area contributed by atoms with Crippen molar-refractivity contribution in [1.82, 2.24) is 29.0 Å². The van der Waals surface area contributed by atoms with Crippen molar-refractivity contribution in [2.45, 2.75) is 26.6 Å². The zero-order chi connectivity index (χ0) is 30.1. The Morgan fingerprint density at radius 3 is 2.51 bits per heavy atom. The van der Waals surface area contributed by atoms with Crippen LogP contribution in [0.1, 0.15) is 28.5 Å². The lowest BCUT2D eigenvalue weighted by Crippen LogP contribution is -2.35. The van der Waals surface area contributed by atoms with Crippen molar-refractivity contribution < 1.29 is 31.1 Å². The van der Waals surface area contributed by atoms with E-state index in [0.717, 1.165) is 39.4 Å². The molecule has 4 rings (SSSR count). The van der Waals surface area contributed by atoms with Gasteiger partial charge in [-0.05, 0) is 43.7 Å². The highest BCUT2D eigenvalue weighted by atomic mass is 32.2. The van der Waals surface area contributed by atoms with E-state index in [1.807, 2.05) is 6.92 Å². The number of sulfonamides is 1. The third kappa shape index (κ3) is 6.71. The van der Waals surface area contributed by atoms with Crippen molar-refractivity contribution in [2.75, 3.05) is 18.7 Å². The van der Waals surface area contributed by atoms with E-state index in [1.165, 1.54) is 19.5 Å². The lowest BCUT2D eigenvalue weighted by atomic mass is 10.1. The molecule has 0 aliphatic heterocycles. The standard InChI is InChI=1S/C25H24F3N7O5S/c1-5-34-13-15(10-18(23(34)37)22(36)33-41(4,38)39)19-12-29-24(30-16-8-14(2)9-17(11-16)40-3)31-21(19)35-7-6-20(32-35)25(26,27)28/h6-13H,5H2,1-4H3,(H,33,36)(H,29,30,31). The van der Waals surface area contributed by atoms with Gasteiger partial charge >= 0.3 is 6.18 Å². The number of hydrogen-bond donors (Lipinski definition) is 2. The molecule has 1 aromatic carbocycles. The molecule has 0 saturated heterocycles. The maximum absolute atomic E-state index is 13.4. The number of anilines is 2. The van der Waals surface area contributed by atoms with E-state index >= 15 is 0 Å². The molecule has 0 atom stereocenters. The number of methoxy groups -OCH3 is 1. The van der Waals surface area contributed by atoms with Gasteiger partial charge in [-0.25, -0.2) is 22.8 Å². The fraction of sp³-hybridized carbons (Fsp3) is 0.240. The fourth-order valence-electron chi connectivity index (χ4n) is 3.88. The largest absolute Gasteiger partial charge is 0.497 e. The van der Waals surface area contributed by atoms with Crippen LogP contribution >= 0.6 is 0 Å². The van der Waals surface area contributed by atoms with E-state index in [1.54, 1.807) is 29.8 Å². The third-order valence-corrected chi connectivity index (χ3v) is 6.22. The van der Waals surface area contributed by atoms with E-state index in [-0.39, 0.29) is 29.4 Å². The van der Waals surface area contributed by atoms with Crippen molar-refractivity contribution in [1.29, 1.82) is 0 Å². The molecule has 3 heterocycles. The van der Waals surface area contributed by atoms with E-state index in [2.05, 4.69) is 20.4 Å². The molecule has 2 N–H and O–H groups in total. The normalized spacial score (nSPS) is 11.8. The average molecular weight is 592 g/mol. The second-order valence-electron chi connectivity index (χ2n) is 8.88. The average Bonchev–Trinajstić information content (AvgIpc) is 3.38. The van der Waals surface area contributed by atoms with Gasteiger partial charge in [-0.15, -0.1) is 0 Å². The minimum Gasteiger partial charge on any atom is -0.497 e. The highest BCUT2D eigenvalue weighted by Crippen LogP contribution is 2.31. The van der Waals surface area contributed by atoms with Crippen LogP contribution in [0.3, 0.4) is 0 Å². The highest BCUT2D eigenvalue weighted by molar-refractivity contribution is 7.89. The molecule has 4 aromatic rings. The van der Waals surface area contributed by atoms with Gasteiger partial charge in [0.1, 0.15) is 11.3 Å². The number of hydrogen-bond acceptors (Lipinski definition) is 9. The van der Waals surface area contributed by atoms with Crippen LogP contribution in [0.4, 0.5) is 24.8 Å². The molecular weight excluding hydrogens is 567 g/mol. The summed E-state index contributed by atoms with van der Waals surface area (Å²) >= 11 is 0. The number of alkyl halides is 3. The molecule has 0 aliphatic rings. The summed E-state index contributed by atoms with van der Waals surface area (Å²) in [5.41, 5.74) is -0.815. The first-order chi connectivity index (χ1) is 19.2. The Balaban J connectivity index is 1.90. The summed E-state index contributed by atoms with van der Waals surface area (Å²) in [6.07, 6.45) is -0.283. The van der Waals surface area contributed by atoms with Gasteiger partial charge in [-0.2, -0.15) is 23.3 Å². The molecule has 1 amide bonds. The molecule has 0 saturated carbocycles. The van der Waals surface area contributed by atoms with Crippen molar-refractivity contribution in [3.63, 3.8) is 0 Å². The number of ether oxygens (including phenoxy) is 1. The molecule has 0 radical (unpaired) electrons. The Hall–Kier alpha value is -4.73. The number of nitrogens with zero attached hydrogens (tertiary/aromatic N) is 5. The van der Waals surface area contributed by atoms with Gasteiger partial charge in [0, 0.05) is 48.0 Å². The smallest absolute Gasteiger partial charge is 0.435 e. The van der Waals surface area contributed by atoms with Crippen LogP contribution in [-0.4, -0.2) is 52.0 Å². The Bertz CT molecular complexity index is 1800. The Morgan fingerprint density at radius 2 is 1.90 bits per heavy atom. The SMILES string of the molecule is CCn1cc(-c2cnc(Nc3cc(C)cc(OC)c3)nc2-n2ccc(C(F)(F)F)n2)cc(C(=O)NS(C)(=O)=O)c1=O. The fourth-order valence-corrected chi connectivity index (χ4v) is 4.32. The van der Waals surface area contributed by atoms with Crippen molar-refractivity contribution >= 4 is 27.6 Å². The first-order valence-electron chi connectivity index (χ1n) is 11.9. The van der Waals surface area contributed by atoms with Gasteiger partial charge in [0.15, 0.2) is 11.5 Å². The van der Waals surface area contributed by atoms with Crippen LogP contribution in [0.2, 0.25) is 0 Å². The van der Waals surface area contributed by atoms with Crippen LogP contribution in [0, 0.1) is 6.92 Å². The number of nitrogens with one attached hydrogen (secondary N) is 2. The Morgan fingerprint density at radius 1 is 1.17 bits per heavy atom. The highest BCUT2D eigenvalue weighted by Gasteiger charge is 2.34. The quantitative estimate of drug-likeness (QED) is 0.315. The number of aromatic nitrogens is 5. The van der Waals surface area contributed by atoms with Crippen LogP contribution in [0.15, 0.2) is 53.7 Å². The molecule has 41 heavy (non-hydrogen) atoms. The summed E-state index contributed by atoms with van der Waals surface area (Å²) in [4.78, 5) is 34.1. The molecule has 0 aliphatic carbocycles. The van der Waals surface area contributed by atoms with Crippen LogP contribution in [-0.2, 0) is 22.7 Å². The molecular formula is C25H24F3N7O5S. The van der Waals surface area contributed by atoms with Gasteiger partial charge in [-0.3, -0.25) is 9.59 Å².